The Labute approximate surface area is 119 Å². The molecule has 1 aliphatic rings. The molecule has 0 aliphatic carbocycles. The summed E-state index contributed by atoms with van der Waals surface area (Å²) in [7, 11) is -2.99. The highest BCUT2D eigenvalue weighted by Gasteiger charge is 2.27. The van der Waals surface area contributed by atoms with Gasteiger partial charge < -0.3 is 5.32 Å². The van der Waals surface area contributed by atoms with Gasteiger partial charge in [0.25, 0.3) is 0 Å². The summed E-state index contributed by atoms with van der Waals surface area (Å²) in [6, 6.07) is 0.494. The molecule has 0 unspecified atom stereocenters. The summed E-state index contributed by atoms with van der Waals surface area (Å²) in [6.07, 6.45) is 5.03. The zero-order chi connectivity index (χ0) is 14.3. The molecule has 1 aliphatic heterocycles. The molecular formula is C14H30N2O2S. The van der Waals surface area contributed by atoms with Crippen LogP contribution in [0.2, 0.25) is 0 Å². The molecule has 0 saturated carbocycles. The third kappa shape index (κ3) is 5.40. The van der Waals surface area contributed by atoms with Gasteiger partial charge in [-0.05, 0) is 31.7 Å². The van der Waals surface area contributed by atoms with Crippen molar-refractivity contribution in [1.82, 2.24) is 9.62 Å². The summed E-state index contributed by atoms with van der Waals surface area (Å²) in [5, 5.41) is 3.61. The van der Waals surface area contributed by atoms with Gasteiger partial charge in [0.15, 0.2) is 0 Å². The summed E-state index contributed by atoms with van der Waals surface area (Å²) in [4.78, 5) is 0. The first kappa shape index (κ1) is 16.9. The van der Waals surface area contributed by atoms with Gasteiger partial charge in [-0.1, -0.05) is 33.6 Å². The van der Waals surface area contributed by atoms with Gasteiger partial charge in [-0.25, -0.2) is 12.7 Å². The SMILES string of the molecule is CCCS(=O)(=O)N1CCC(NCC(CC)CC)CC1. The minimum Gasteiger partial charge on any atom is -0.314 e. The van der Waals surface area contributed by atoms with Crippen molar-refractivity contribution in [3.05, 3.63) is 0 Å². The fourth-order valence-electron chi connectivity index (χ4n) is 2.64. The number of nitrogens with zero attached hydrogens (tertiary/aromatic N) is 1. The number of sulfonamides is 1. The molecule has 4 nitrogen and oxygen atoms in total. The van der Waals surface area contributed by atoms with E-state index in [1.165, 1.54) is 12.8 Å². The van der Waals surface area contributed by atoms with Gasteiger partial charge in [-0.15, -0.1) is 0 Å². The van der Waals surface area contributed by atoms with E-state index in [0.717, 1.165) is 25.3 Å². The summed E-state index contributed by atoms with van der Waals surface area (Å²) in [5.41, 5.74) is 0. The third-order valence-corrected chi connectivity index (χ3v) is 6.24. The van der Waals surface area contributed by atoms with E-state index in [1.54, 1.807) is 4.31 Å². The van der Waals surface area contributed by atoms with Crippen molar-refractivity contribution in [2.45, 2.75) is 58.9 Å². The number of hydrogen-bond acceptors (Lipinski definition) is 3. The lowest BCUT2D eigenvalue weighted by Gasteiger charge is -2.32. The standard InChI is InChI=1S/C14H30N2O2S/c1-4-11-19(17,18)16-9-7-14(8-10-16)15-12-13(5-2)6-3/h13-15H,4-12H2,1-3H3. The molecule has 0 aromatic rings. The highest BCUT2D eigenvalue weighted by Crippen LogP contribution is 2.16. The van der Waals surface area contributed by atoms with Crippen LogP contribution in [0.25, 0.3) is 0 Å². The number of piperidine rings is 1. The molecule has 1 rings (SSSR count). The average Bonchev–Trinajstić information content (AvgIpc) is 2.40. The van der Waals surface area contributed by atoms with Crippen LogP contribution in [0.15, 0.2) is 0 Å². The zero-order valence-corrected chi connectivity index (χ0v) is 13.5. The van der Waals surface area contributed by atoms with Crippen LogP contribution in [-0.2, 0) is 10.0 Å². The van der Waals surface area contributed by atoms with Gasteiger partial charge >= 0.3 is 0 Å². The maximum Gasteiger partial charge on any atom is 0.214 e. The Morgan fingerprint density at radius 3 is 2.21 bits per heavy atom. The van der Waals surface area contributed by atoms with Crippen LogP contribution in [0.5, 0.6) is 0 Å². The summed E-state index contributed by atoms with van der Waals surface area (Å²) < 4.78 is 25.6. The second kappa shape index (κ2) is 8.22. The summed E-state index contributed by atoms with van der Waals surface area (Å²) in [5.74, 6) is 1.04. The highest BCUT2D eigenvalue weighted by molar-refractivity contribution is 7.89. The van der Waals surface area contributed by atoms with Gasteiger partial charge in [0.05, 0.1) is 5.75 Å². The third-order valence-electron chi connectivity index (χ3n) is 4.16. The molecule has 0 spiro atoms. The lowest BCUT2D eigenvalue weighted by molar-refractivity contribution is 0.277. The second-order valence-corrected chi connectivity index (χ2v) is 7.67. The van der Waals surface area contributed by atoms with E-state index in [2.05, 4.69) is 19.2 Å². The van der Waals surface area contributed by atoms with E-state index in [1.807, 2.05) is 6.92 Å². The van der Waals surface area contributed by atoms with Crippen molar-refractivity contribution >= 4 is 10.0 Å². The van der Waals surface area contributed by atoms with Crippen molar-refractivity contribution in [1.29, 1.82) is 0 Å². The van der Waals surface area contributed by atoms with Gasteiger partial charge in [0.1, 0.15) is 0 Å². The molecule has 114 valence electrons. The fraction of sp³-hybridized carbons (Fsp3) is 1.00. The lowest BCUT2D eigenvalue weighted by Crippen LogP contribution is -2.46. The molecule has 0 atom stereocenters. The smallest absolute Gasteiger partial charge is 0.214 e. The van der Waals surface area contributed by atoms with E-state index in [0.29, 0.717) is 31.3 Å². The number of hydrogen-bond donors (Lipinski definition) is 1. The van der Waals surface area contributed by atoms with Crippen LogP contribution >= 0.6 is 0 Å². The van der Waals surface area contributed by atoms with Crippen molar-refractivity contribution in [2.75, 3.05) is 25.4 Å². The van der Waals surface area contributed by atoms with E-state index < -0.39 is 10.0 Å². The Balaban J connectivity index is 2.33. The first-order valence-corrected chi connectivity index (χ1v) is 9.35. The predicted molar refractivity (Wildman–Crippen MR) is 80.7 cm³/mol. The van der Waals surface area contributed by atoms with E-state index in [-0.39, 0.29) is 0 Å². The van der Waals surface area contributed by atoms with Crippen LogP contribution in [-0.4, -0.2) is 44.2 Å². The molecule has 1 fully saturated rings. The predicted octanol–water partition coefficient (Wildman–Crippen LogP) is 2.22. The summed E-state index contributed by atoms with van der Waals surface area (Å²) in [6.45, 7) is 8.82. The molecule has 19 heavy (non-hydrogen) atoms. The van der Waals surface area contributed by atoms with Gasteiger partial charge in [0, 0.05) is 19.1 Å². The molecule has 0 amide bonds. The van der Waals surface area contributed by atoms with Crippen LogP contribution in [0.1, 0.15) is 52.9 Å². The Bertz CT molecular complexity index is 331. The lowest BCUT2D eigenvalue weighted by atomic mass is 10.0. The van der Waals surface area contributed by atoms with E-state index in [9.17, 15) is 8.42 Å². The topological polar surface area (TPSA) is 49.4 Å². The molecule has 5 heteroatoms. The Morgan fingerprint density at radius 1 is 1.16 bits per heavy atom. The van der Waals surface area contributed by atoms with Crippen LogP contribution < -0.4 is 5.32 Å². The van der Waals surface area contributed by atoms with Crippen molar-refractivity contribution in [3.8, 4) is 0 Å². The molecule has 0 bridgehead atoms. The van der Waals surface area contributed by atoms with Crippen LogP contribution in [0, 0.1) is 5.92 Å². The average molecular weight is 290 g/mol. The minimum atomic E-state index is -2.99. The normalized spacial score (nSPS) is 19.2. The highest BCUT2D eigenvalue weighted by atomic mass is 32.2. The van der Waals surface area contributed by atoms with E-state index >= 15 is 0 Å². The Hall–Kier alpha value is -0.130. The number of rotatable bonds is 8. The molecule has 1 heterocycles. The number of nitrogens with one attached hydrogen (secondary N) is 1. The van der Waals surface area contributed by atoms with Gasteiger partial charge in [0.2, 0.25) is 10.0 Å². The molecule has 1 saturated heterocycles. The monoisotopic (exact) mass is 290 g/mol. The first-order valence-electron chi connectivity index (χ1n) is 7.74. The second-order valence-electron chi connectivity index (χ2n) is 5.58. The quantitative estimate of drug-likeness (QED) is 0.745. The van der Waals surface area contributed by atoms with Crippen molar-refractivity contribution < 1.29 is 8.42 Å². The minimum absolute atomic E-state index is 0.291. The Morgan fingerprint density at radius 2 is 1.74 bits per heavy atom. The van der Waals surface area contributed by atoms with Gasteiger partial charge in [-0.2, -0.15) is 0 Å². The molecular weight excluding hydrogens is 260 g/mol. The summed E-state index contributed by atoms with van der Waals surface area (Å²) >= 11 is 0. The van der Waals surface area contributed by atoms with Crippen molar-refractivity contribution in [2.24, 2.45) is 5.92 Å². The van der Waals surface area contributed by atoms with Gasteiger partial charge in [-0.3, -0.25) is 0 Å². The maximum atomic E-state index is 12.0. The maximum absolute atomic E-state index is 12.0. The Kier molecular flexibility index (Phi) is 7.32. The van der Waals surface area contributed by atoms with E-state index in [4.69, 9.17) is 0 Å². The zero-order valence-electron chi connectivity index (χ0n) is 12.7. The molecule has 0 aromatic carbocycles. The fourth-order valence-corrected chi connectivity index (χ4v) is 4.18. The largest absolute Gasteiger partial charge is 0.314 e. The van der Waals surface area contributed by atoms with Crippen molar-refractivity contribution in [3.63, 3.8) is 0 Å². The van der Waals surface area contributed by atoms with Crippen LogP contribution in [0.3, 0.4) is 0 Å². The first-order chi connectivity index (χ1) is 9.03. The molecule has 0 aromatic heterocycles. The van der Waals surface area contributed by atoms with Crippen LogP contribution in [0.4, 0.5) is 0 Å². The molecule has 1 N–H and O–H groups in total. The molecule has 0 radical (unpaired) electrons.